The van der Waals surface area contributed by atoms with E-state index in [2.05, 4.69) is 39.3 Å². The summed E-state index contributed by atoms with van der Waals surface area (Å²) in [4.78, 5) is 62.0. The highest BCUT2D eigenvalue weighted by Crippen LogP contribution is 2.45. The molecule has 2 aromatic rings. The Balaban J connectivity index is 1.48. The molecule has 6 N–H and O–H groups in total. The van der Waals surface area contributed by atoms with Crippen molar-refractivity contribution in [3.8, 4) is 29.4 Å². The van der Waals surface area contributed by atoms with Gasteiger partial charge in [-0.3, -0.25) is 24.7 Å². The zero-order valence-electron chi connectivity index (χ0n) is 38.7. The lowest BCUT2D eigenvalue weighted by atomic mass is 9.81. The summed E-state index contributed by atoms with van der Waals surface area (Å²) in [6.07, 6.45) is -4.90. The van der Waals surface area contributed by atoms with E-state index in [9.17, 15) is 29.7 Å². The number of aliphatic imine (C=N–C) groups is 1. The van der Waals surface area contributed by atoms with E-state index in [1.54, 1.807) is 51.5 Å². The SMILES string of the molecule is CC#C/C=C\C#C[C@H](OC1OC(C)C(SC)(C(=O)C2=NCCc3c2[nH]c2ccc(O)cc32)C(O)C1OC1CC(OC)C(NC(C)C)CO1)C1=C(NC(=O)OC)C(=O)C[C@H](O)/C1=C/CSC(C)=O. The van der Waals surface area contributed by atoms with Crippen molar-refractivity contribution in [1.29, 1.82) is 0 Å². The van der Waals surface area contributed by atoms with Crippen LogP contribution in [0, 0.1) is 23.7 Å². The number of carbonyl (C=O) groups excluding carboxylic acids is 4. The smallest absolute Gasteiger partial charge is 0.411 e. The molecule has 2 fully saturated rings. The Hall–Kier alpha value is -4.77. The van der Waals surface area contributed by atoms with Gasteiger partial charge in [0.05, 0.1) is 49.5 Å². The predicted octanol–water partition coefficient (Wildman–Crippen LogP) is 3.63. The van der Waals surface area contributed by atoms with Gasteiger partial charge < -0.3 is 54.0 Å². The number of ether oxygens (including phenoxy) is 6. The maximum absolute atomic E-state index is 15.3. The number of rotatable bonds is 14. The fourth-order valence-electron chi connectivity index (χ4n) is 8.77. The number of amides is 1. The van der Waals surface area contributed by atoms with E-state index in [1.165, 1.54) is 19.1 Å². The molecule has 1 aliphatic carbocycles. The van der Waals surface area contributed by atoms with Crippen LogP contribution in [0.1, 0.15) is 58.7 Å². The lowest BCUT2D eigenvalue weighted by Gasteiger charge is -2.51. The first-order valence-corrected chi connectivity index (χ1v) is 24.0. The molecule has 1 amide bonds. The minimum atomic E-state index is -1.79. The molecule has 6 rings (SSSR count). The van der Waals surface area contributed by atoms with Gasteiger partial charge in [-0.05, 0) is 68.0 Å². The molecule has 360 valence electrons. The number of Topliss-reactive ketones (excluding diaryl/α,β-unsaturated/α-hetero) is 2. The number of alkyl carbamates (subject to hydrolysis) is 1. The van der Waals surface area contributed by atoms with E-state index in [1.807, 2.05) is 13.8 Å². The van der Waals surface area contributed by atoms with Crippen LogP contribution >= 0.6 is 23.5 Å². The van der Waals surface area contributed by atoms with Crippen molar-refractivity contribution < 1.29 is 62.9 Å². The number of fused-ring (bicyclic) bond motifs is 3. The molecule has 17 nitrogen and oxygen atoms in total. The molecular formula is C48H58N4O13S2. The van der Waals surface area contributed by atoms with Crippen molar-refractivity contribution in [2.24, 2.45) is 4.99 Å². The number of aromatic amines is 1. The average Bonchev–Trinajstić information content (AvgIpc) is 3.66. The summed E-state index contributed by atoms with van der Waals surface area (Å²) < 4.78 is 35.4. The first kappa shape index (κ1) is 51.6. The number of hydrogen-bond acceptors (Lipinski definition) is 17. The van der Waals surface area contributed by atoms with Crippen molar-refractivity contribution in [2.45, 2.75) is 120 Å². The van der Waals surface area contributed by atoms with Crippen LogP contribution in [0.3, 0.4) is 0 Å². The number of aliphatic hydroxyl groups excluding tert-OH is 2. The maximum Gasteiger partial charge on any atom is 0.411 e. The average molecular weight is 963 g/mol. The number of benzene rings is 1. The van der Waals surface area contributed by atoms with Crippen molar-refractivity contribution in [3.05, 3.63) is 64.5 Å². The van der Waals surface area contributed by atoms with E-state index in [0.717, 1.165) is 41.6 Å². The van der Waals surface area contributed by atoms with Crippen molar-refractivity contribution in [2.75, 3.05) is 39.4 Å². The Morgan fingerprint density at radius 3 is 2.61 bits per heavy atom. The van der Waals surface area contributed by atoms with E-state index < -0.39 is 78.0 Å². The van der Waals surface area contributed by atoms with Crippen LogP contribution in [-0.4, -0.2) is 154 Å². The monoisotopic (exact) mass is 962 g/mol. The number of ketones is 2. The van der Waals surface area contributed by atoms with Crippen LogP contribution in [-0.2, 0) is 49.2 Å². The van der Waals surface area contributed by atoms with E-state index in [0.29, 0.717) is 17.6 Å². The van der Waals surface area contributed by atoms with Crippen LogP contribution in [0.25, 0.3) is 10.9 Å². The molecule has 10 atom stereocenters. The fourth-order valence-corrected chi connectivity index (χ4v) is 10.3. The van der Waals surface area contributed by atoms with Gasteiger partial charge in [-0.2, -0.15) is 0 Å². The van der Waals surface area contributed by atoms with Crippen LogP contribution < -0.4 is 10.6 Å². The third-order valence-electron chi connectivity index (χ3n) is 11.9. The van der Waals surface area contributed by atoms with Gasteiger partial charge in [0.15, 0.2) is 23.5 Å². The number of methoxy groups -OCH3 is 2. The Kier molecular flexibility index (Phi) is 17.7. The third kappa shape index (κ3) is 11.4. The van der Waals surface area contributed by atoms with Gasteiger partial charge in [-0.25, -0.2) is 4.79 Å². The minimum Gasteiger partial charge on any atom is -0.508 e. The van der Waals surface area contributed by atoms with Gasteiger partial charge in [0, 0.05) is 61.7 Å². The fraction of sp³-hybridized carbons (Fsp3) is 0.521. The van der Waals surface area contributed by atoms with Crippen molar-refractivity contribution >= 4 is 62.9 Å². The Morgan fingerprint density at radius 1 is 1.16 bits per heavy atom. The van der Waals surface area contributed by atoms with Crippen LogP contribution in [0.2, 0.25) is 0 Å². The van der Waals surface area contributed by atoms with Crippen LogP contribution in [0.15, 0.2) is 58.3 Å². The lowest BCUT2D eigenvalue weighted by molar-refractivity contribution is -0.323. The van der Waals surface area contributed by atoms with Gasteiger partial charge in [0.1, 0.15) is 34.5 Å². The van der Waals surface area contributed by atoms with Crippen LogP contribution in [0.5, 0.6) is 5.75 Å². The maximum atomic E-state index is 15.3. The molecule has 4 heterocycles. The normalized spacial score (nSPS) is 28.6. The summed E-state index contributed by atoms with van der Waals surface area (Å²) in [5.41, 5.74) is 1.80. The minimum absolute atomic E-state index is 0.0621. The molecule has 2 saturated heterocycles. The van der Waals surface area contributed by atoms with Gasteiger partial charge in [-0.1, -0.05) is 49.4 Å². The number of hydrogen-bond donors (Lipinski definition) is 6. The number of nitrogens with zero attached hydrogens (tertiary/aromatic N) is 1. The molecule has 0 saturated carbocycles. The van der Waals surface area contributed by atoms with E-state index in [4.69, 9.17) is 33.4 Å². The van der Waals surface area contributed by atoms with Gasteiger partial charge in [0.25, 0.3) is 0 Å². The molecule has 0 radical (unpaired) electrons. The highest BCUT2D eigenvalue weighted by molar-refractivity contribution is 8.13. The number of nitrogens with one attached hydrogen (secondary N) is 3. The summed E-state index contributed by atoms with van der Waals surface area (Å²) >= 11 is 2.01. The zero-order chi connectivity index (χ0) is 48.6. The first-order chi connectivity index (χ1) is 32.1. The lowest BCUT2D eigenvalue weighted by Crippen LogP contribution is -2.70. The van der Waals surface area contributed by atoms with Gasteiger partial charge in [0.2, 0.25) is 5.78 Å². The van der Waals surface area contributed by atoms with E-state index >= 15 is 4.79 Å². The molecule has 1 aromatic carbocycles. The third-order valence-corrected chi connectivity index (χ3v) is 14.0. The second-order valence-electron chi connectivity index (χ2n) is 16.5. The number of aromatic nitrogens is 1. The number of phenolic OH excluding ortho intramolecular Hbond substituents is 1. The van der Waals surface area contributed by atoms with E-state index in [-0.39, 0.29) is 70.8 Å². The molecule has 0 bridgehead atoms. The molecule has 1 aromatic heterocycles. The van der Waals surface area contributed by atoms with Crippen molar-refractivity contribution in [3.63, 3.8) is 0 Å². The quantitative estimate of drug-likeness (QED) is 0.148. The number of phenols is 1. The number of allylic oxidation sites excluding steroid dienone is 3. The Labute approximate surface area is 398 Å². The molecule has 3 aliphatic heterocycles. The van der Waals surface area contributed by atoms with Crippen LogP contribution in [0.4, 0.5) is 4.79 Å². The number of carbonyl (C=O) groups is 4. The number of aromatic hydroxyl groups is 1. The topological polar surface area (TPSA) is 237 Å². The molecule has 19 heteroatoms. The molecule has 8 unspecified atom stereocenters. The number of aliphatic hydroxyl groups is 2. The van der Waals surface area contributed by atoms with Gasteiger partial charge >= 0.3 is 6.09 Å². The standard InChI is InChI=1S/C48H58N4O13S2/c1-9-10-11-12-13-14-36(39-30(18-20-67-27(5)53)34(55)22-35(56)41(39)52-47(59)61-7)64-46-43(65-38-23-37(60-6)33(24-62-38)50-25(2)3)45(58)48(66-8,26(4)63-46)44(57)42-40-29(17-19-49-42)31-21-28(54)15-16-32(31)51-40/h11-12,15-16,18,21,25-26,33-34,36-38,43,45-46,50-51,54-55,58H,17,19-20,22-24H2,1-8H3,(H,52,59)/b12-11-,30-18-/t26?,33?,34-,36-,37?,38?,43?,45?,46?,48?/m0/s1. The Morgan fingerprint density at radius 2 is 1.93 bits per heavy atom. The summed E-state index contributed by atoms with van der Waals surface area (Å²) in [6.45, 7) is 9.08. The van der Waals surface area contributed by atoms with Gasteiger partial charge in [-0.15, -0.1) is 17.7 Å². The summed E-state index contributed by atoms with van der Waals surface area (Å²) in [7, 11) is 2.70. The highest BCUT2D eigenvalue weighted by Gasteiger charge is 2.61. The largest absolute Gasteiger partial charge is 0.508 e. The predicted molar refractivity (Wildman–Crippen MR) is 253 cm³/mol. The Bertz CT molecular complexity index is 2460. The number of thioether (sulfide) groups is 2. The first-order valence-electron chi connectivity index (χ1n) is 21.8. The summed E-state index contributed by atoms with van der Waals surface area (Å²) in [5, 5.41) is 41.2. The van der Waals surface area contributed by atoms with Crippen molar-refractivity contribution in [1.82, 2.24) is 15.6 Å². The zero-order valence-corrected chi connectivity index (χ0v) is 40.3. The highest BCUT2D eigenvalue weighted by atomic mass is 32.2. The molecule has 4 aliphatic rings. The number of H-pyrrole nitrogens is 1. The summed E-state index contributed by atoms with van der Waals surface area (Å²) in [5.74, 6) is 10.3. The second-order valence-corrected chi connectivity index (χ2v) is 18.7. The molecule has 0 spiro atoms. The summed E-state index contributed by atoms with van der Waals surface area (Å²) in [6, 6.07) is 4.80. The second kappa shape index (κ2) is 23.0. The molecule has 67 heavy (non-hydrogen) atoms. The molecular weight excluding hydrogens is 905 g/mol.